The second-order valence-electron chi connectivity index (χ2n) is 9.17. The number of nitrogens with zero attached hydrogens (tertiary/aromatic N) is 3. The Labute approximate surface area is 183 Å². The Bertz CT molecular complexity index is 954. The summed E-state index contributed by atoms with van der Waals surface area (Å²) in [5.41, 5.74) is 0.252. The normalized spacial score (nSPS) is 25.8. The maximum absolute atomic E-state index is 13.3. The van der Waals surface area contributed by atoms with Gasteiger partial charge in [0.15, 0.2) is 0 Å². The lowest BCUT2D eigenvalue weighted by atomic mass is 9.77. The topological polar surface area (TPSA) is 101 Å². The smallest absolute Gasteiger partial charge is 0.270 e. The van der Waals surface area contributed by atoms with Gasteiger partial charge in [-0.25, -0.2) is 8.42 Å². The predicted octanol–water partition coefficient (Wildman–Crippen LogP) is 3.49. The van der Waals surface area contributed by atoms with E-state index in [4.69, 9.17) is 0 Å². The van der Waals surface area contributed by atoms with Crippen molar-refractivity contribution in [3.8, 4) is 0 Å². The number of sulfonamides is 1. The minimum absolute atomic E-state index is 0.0208. The average Bonchev–Trinajstić information content (AvgIpc) is 2.78. The molecule has 0 aromatic heterocycles. The van der Waals surface area contributed by atoms with E-state index >= 15 is 0 Å². The Hall–Kier alpha value is -2.00. The van der Waals surface area contributed by atoms with E-state index in [1.807, 2.05) is 0 Å². The fourth-order valence-electron chi connectivity index (χ4n) is 5.60. The summed E-state index contributed by atoms with van der Waals surface area (Å²) in [5, 5.41) is 11.1. The number of nitro groups is 1. The van der Waals surface area contributed by atoms with Gasteiger partial charge in [-0.3, -0.25) is 14.9 Å². The van der Waals surface area contributed by atoms with Gasteiger partial charge in [0.25, 0.3) is 5.69 Å². The maximum Gasteiger partial charge on any atom is 0.270 e. The molecule has 2 aliphatic heterocycles. The summed E-state index contributed by atoms with van der Waals surface area (Å²) in [6.45, 7) is 3.00. The van der Waals surface area contributed by atoms with Crippen LogP contribution in [0, 0.1) is 28.9 Å². The summed E-state index contributed by atoms with van der Waals surface area (Å²) >= 11 is 0. The fourth-order valence-corrected chi connectivity index (χ4v) is 7.31. The predicted molar refractivity (Wildman–Crippen MR) is 116 cm³/mol. The fraction of sp³-hybridized carbons (Fsp3) is 0.682. The maximum atomic E-state index is 13.3. The van der Waals surface area contributed by atoms with Crippen molar-refractivity contribution in [1.29, 1.82) is 0 Å². The monoisotopic (exact) mass is 449 g/mol. The highest BCUT2D eigenvalue weighted by Gasteiger charge is 2.40. The molecule has 4 rings (SSSR count). The Morgan fingerprint density at radius 2 is 1.71 bits per heavy atom. The van der Waals surface area contributed by atoms with E-state index in [1.54, 1.807) is 6.92 Å². The van der Waals surface area contributed by atoms with Crippen LogP contribution in [0.3, 0.4) is 0 Å². The molecule has 0 radical (unpaired) electrons. The molecule has 0 bridgehead atoms. The molecule has 2 saturated heterocycles. The number of rotatable bonds is 4. The molecular weight excluding hydrogens is 418 g/mol. The molecule has 170 valence electrons. The first-order chi connectivity index (χ1) is 14.8. The average molecular weight is 450 g/mol. The first-order valence-corrected chi connectivity index (χ1v) is 12.8. The third-order valence-electron chi connectivity index (χ3n) is 7.33. The number of hydrogen-bond acceptors (Lipinski definition) is 5. The molecule has 1 amide bonds. The van der Waals surface area contributed by atoms with Crippen LogP contribution in [0.2, 0.25) is 0 Å². The van der Waals surface area contributed by atoms with Gasteiger partial charge in [-0.05, 0) is 56.9 Å². The van der Waals surface area contributed by atoms with Crippen molar-refractivity contribution in [2.24, 2.45) is 11.8 Å². The van der Waals surface area contributed by atoms with Crippen LogP contribution >= 0.6 is 0 Å². The van der Waals surface area contributed by atoms with Crippen LogP contribution in [-0.4, -0.2) is 54.1 Å². The first kappa shape index (κ1) is 22.2. The van der Waals surface area contributed by atoms with Crippen molar-refractivity contribution < 1.29 is 18.1 Å². The summed E-state index contributed by atoms with van der Waals surface area (Å²) in [5.74, 6) is 0.683. The zero-order chi connectivity index (χ0) is 22.2. The Kier molecular flexibility index (Phi) is 6.35. The van der Waals surface area contributed by atoms with Gasteiger partial charge in [0.2, 0.25) is 15.9 Å². The molecule has 3 fully saturated rings. The number of likely N-dealkylation sites (tertiary alicyclic amines) is 1. The van der Waals surface area contributed by atoms with Crippen molar-refractivity contribution in [3.05, 3.63) is 33.9 Å². The summed E-state index contributed by atoms with van der Waals surface area (Å²) in [7, 11) is -3.84. The summed E-state index contributed by atoms with van der Waals surface area (Å²) in [6.07, 6.45) is 8.03. The zero-order valence-corrected chi connectivity index (χ0v) is 18.8. The molecule has 3 aliphatic rings. The number of amides is 1. The highest BCUT2D eigenvalue weighted by Crippen LogP contribution is 2.37. The van der Waals surface area contributed by atoms with E-state index in [0.717, 1.165) is 25.5 Å². The second-order valence-corrected chi connectivity index (χ2v) is 11.1. The zero-order valence-electron chi connectivity index (χ0n) is 18.0. The summed E-state index contributed by atoms with van der Waals surface area (Å²) in [6, 6.07) is 4.29. The molecule has 9 heteroatoms. The lowest BCUT2D eigenvalue weighted by molar-refractivity contribution is -0.385. The van der Waals surface area contributed by atoms with E-state index in [0.29, 0.717) is 30.4 Å². The van der Waals surface area contributed by atoms with E-state index < -0.39 is 14.9 Å². The lowest BCUT2D eigenvalue weighted by Crippen LogP contribution is -2.53. The Morgan fingerprint density at radius 3 is 2.42 bits per heavy atom. The number of fused-ring (bicyclic) bond motifs is 1. The van der Waals surface area contributed by atoms with Crippen LogP contribution < -0.4 is 0 Å². The molecule has 2 heterocycles. The van der Waals surface area contributed by atoms with Gasteiger partial charge in [-0.1, -0.05) is 18.9 Å². The van der Waals surface area contributed by atoms with Crippen molar-refractivity contribution >= 4 is 21.6 Å². The highest BCUT2D eigenvalue weighted by atomic mass is 32.2. The number of aryl methyl sites for hydroxylation is 1. The number of hydrogen-bond donors (Lipinski definition) is 0. The van der Waals surface area contributed by atoms with Gasteiger partial charge in [-0.15, -0.1) is 0 Å². The quantitative estimate of drug-likeness (QED) is 0.517. The van der Waals surface area contributed by atoms with Crippen molar-refractivity contribution in [1.82, 2.24) is 9.21 Å². The first-order valence-electron chi connectivity index (χ1n) is 11.3. The number of carbonyl (C=O) groups excluding carboxylic acids is 1. The number of carbonyl (C=O) groups is 1. The van der Waals surface area contributed by atoms with Crippen LogP contribution in [-0.2, 0) is 14.8 Å². The second kappa shape index (κ2) is 8.86. The Balaban J connectivity index is 1.44. The van der Waals surface area contributed by atoms with Gasteiger partial charge in [0.05, 0.1) is 9.82 Å². The van der Waals surface area contributed by atoms with Gasteiger partial charge in [-0.2, -0.15) is 4.31 Å². The van der Waals surface area contributed by atoms with Gasteiger partial charge in [0, 0.05) is 43.7 Å². The van der Waals surface area contributed by atoms with E-state index in [1.165, 1.54) is 42.1 Å². The number of non-ortho nitro benzene ring substituents is 1. The van der Waals surface area contributed by atoms with Crippen LogP contribution in [0.4, 0.5) is 5.69 Å². The standard InChI is InChI=1S/C22H31N3O5S/c1-16-8-9-19(25(27)28)15-21(16)31(29,30)23-13-10-18(11-14-23)22(26)24-12-4-6-17-5-2-3-7-20(17)24/h8-9,15,17-18,20H,2-7,10-14H2,1H3/t17-,20+/m0/s1. The van der Waals surface area contributed by atoms with E-state index in [2.05, 4.69) is 4.90 Å². The third-order valence-corrected chi connectivity index (χ3v) is 9.37. The highest BCUT2D eigenvalue weighted by molar-refractivity contribution is 7.89. The van der Waals surface area contributed by atoms with Gasteiger partial charge < -0.3 is 4.90 Å². The molecule has 0 N–H and O–H groups in total. The van der Waals surface area contributed by atoms with E-state index in [-0.39, 0.29) is 35.5 Å². The van der Waals surface area contributed by atoms with Crippen LogP contribution in [0.15, 0.2) is 23.1 Å². The summed E-state index contributed by atoms with van der Waals surface area (Å²) in [4.78, 5) is 25.9. The van der Waals surface area contributed by atoms with Crippen molar-refractivity contribution in [2.75, 3.05) is 19.6 Å². The van der Waals surface area contributed by atoms with E-state index in [9.17, 15) is 23.3 Å². The molecule has 31 heavy (non-hydrogen) atoms. The largest absolute Gasteiger partial charge is 0.339 e. The Morgan fingerprint density at radius 1 is 1.03 bits per heavy atom. The van der Waals surface area contributed by atoms with Crippen molar-refractivity contribution in [2.45, 2.75) is 69.2 Å². The van der Waals surface area contributed by atoms with Crippen LogP contribution in [0.1, 0.15) is 56.9 Å². The number of benzene rings is 1. The van der Waals surface area contributed by atoms with Gasteiger partial charge >= 0.3 is 0 Å². The molecule has 1 aromatic carbocycles. The lowest BCUT2D eigenvalue weighted by Gasteiger charge is -2.46. The minimum Gasteiger partial charge on any atom is -0.339 e. The molecule has 1 saturated carbocycles. The third kappa shape index (κ3) is 4.35. The van der Waals surface area contributed by atoms with Crippen molar-refractivity contribution in [3.63, 3.8) is 0 Å². The molecule has 8 nitrogen and oxygen atoms in total. The molecule has 1 aliphatic carbocycles. The molecular formula is C22H31N3O5S. The molecule has 0 unspecified atom stereocenters. The van der Waals surface area contributed by atoms with Gasteiger partial charge in [0.1, 0.15) is 0 Å². The molecule has 0 spiro atoms. The minimum atomic E-state index is -3.84. The molecule has 1 aromatic rings. The molecule has 2 atom stereocenters. The SMILES string of the molecule is Cc1ccc([N+](=O)[O-])cc1S(=O)(=O)N1CCC(C(=O)N2CCC[C@@H]3CCCC[C@H]32)CC1. The van der Waals surface area contributed by atoms with Crippen LogP contribution in [0.25, 0.3) is 0 Å². The number of nitro benzene ring substituents is 1. The number of piperidine rings is 2. The summed E-state index contributed by atoms with van der Waals surface area (Å²) < 4.78 is 27.7. The van der Waals surface area contributed by atoms with Crippen LogP contribution in [0.5, 0.6) is 0 Å².